The van der Waals surface area contributed by atoms with E-state index in [1.165, 1.54) is 19.3 Å². The molecule has 30 heavy (non-hydrogen) atoms. The second-order valence-corrected chi connectivity index (χ2v) is 9.16. The molecule has 2 N–H and O–H groups in total. The van der Waals surface area contributed by atoms with Crippen molar-refractivity contribution in [3.8, 4) is 0 Å². The summed E-state index contributed by atoms with van der Waals surface area (Å²) in [5.74, 6) is 1.29. The van der Waals surface area contributed by atoms with Crippen molar-refractivity contribution in [3.63, 3.8) is 0 Å². The molecule has 0 unspecified atom stereocenters. The summed E-state index contributed by atoms with van der Waals surface area (Å²) in [4.78, 5) is 28.7. The molecule has 0 radical (unpaired) electrons. The van der Waals surface area contributed by atoms with Gasteiger partial charge in [0.1, 0.15) is 0 Å². The van der Waals surface area contributed by atoms with Gasteiger partial charge in [-0.2, -0.15) is 0 Å². The van der Waals surface area contributed by atoms with E-state index in [1.807, 2.05) is 24.3 Å². The molecular formula is C24H35N3O2S. The molecular weight excluding hydrogens is 394 g/mol. The molecule has 0 saturated heterocycles. The zero-order chi connectivity index (χ0) is 21.5. The van der Waals surface area contributed by atoms with E-state index >= 15 is 0 Å². The van der Waals surface area contributed by atoms with Crippen LogP contribution in [0.2, 0.25) is 0 Å². The molecule has 1 aliphatic rings. The number of nitrogens with zero attached hydrogens (tertiary/aromatic N) is 1. The molecule has 5 nitrogen and oxygen atoms in total. The van der Waals surface area contributed by atoms with Crippen LogP contribution in [0.1, 0.15) is 65.2 Å². The Balaban J connectivity index is 1.54. The Kier molecular flexibility index (Phi) is 8.25. The third kappa shape index (κ3) is 5.60. The Hall–Kier alpha value is -1.95. The second kappa shape index (κ2) is 10.9. The van der Waals surface area contributed by atoms with E-state index in [9.17, 15) is 9.59 Å². The highest BCUT2D eigenvalue weighted by Crippen LogP contribution is 2.30. The molecule has 164 valence electrons. The smallest absolute Gasteiger partial charge is 0.262 e. The fraction of sp³-hybridized carbons (Fsp3) is 0.625. The average molecular weight is 430 g/mol. The number of fused-ring (bicyclic) bond motifs is 1. The molecule has 1 amide bonds. The molecule has 1 fully saturated rings. The maximum absolute atomic E-state index is 12.9. The molecule has 1 atom stereocenters. The number of rotatable bonds is 9. The first-order valence-corrected chi connectivity index (χ1v) is 11.9. The van der Waals surface area contributed by atoms with Crippen molar-refractivity contribution in [1.29, 1.82) is 0 Å². The summed E-state index contributed by atoms with van der Waals surface area (Å²) in [6, 6.07) is 7.49. The van der Waals surface area contributed by atoms with Gasteiger partial charge in [-0.15, -0.1) is 0 Å². The highest BCUT2D eigenvalue weighted by Gasteiger charge is 2.27. The van der Waals surface area contributed by atoms with E-state index in [0.717, 1.165) is 44.2 Å². The number of aromatic amines is 1. The molecule has 1 saturated carbocycles. The third-order valence-corrected chi connectivity index (χ3v) is 6.98. The van der Waals surface area contributed by atoms with Crippen LogP contribution < -0.4 is 10.9 Å². The number of hydrogen-bond donors (Lipinski definition) is 2. The van der Waals surface area contributed by atoms with E-state index in [-0.39, 0.29) is 17.4 Å². The van der Waals surface area contributed by atoms with Crippen LogP contribution >= 0.6 is 12.2 Å². The van der Waals surface area contributed by atoms with Crippen molar-refractivity contribution in [1.82, 2.24) is 14.9 Å². The number of carbonyl (C=O) groups excluding carboxylic acids is 1. The van der Waals surface area contributed by atoms with Crippen molar-refractivity contribution < 1.29 is 4.79 Å². The molecule has 2 aromatic rings. The maximum Gasteiger partial charge on any atom is 0.262 e. The predicted molar refractivity (Wildman–Crippen MR) is 125 cm³/mol. The lowest BCUT2D eigenvalue weighted by Gasteiger charge is -2.28. The largest absolute Gasteiger partial charge is 0.356 e. The summed E-state index contributed by atoms with van der Waals surface area (Å²) in [6.07, 6.45) is 8.45. The fourth-order valence-electron chi connectivity index (χ4n) is 4.56. The highest BCUT2D eigenvalue weighted by atomic mass is 32.1. The Bertz CT molecular complexity index is 957. The van der Waals surface area contributed by atoms with E-state index in [4.69, 9.17) is 12.2 Å². The van der Waals surface area contributed by atoms with Gasteiger partial charge in [0.15, 0.2) is 4.77 Å². The summed E-state index contributed by atoms with van der Waals surface area (Å²) in [5, 5.41) is 3.87. The number of para-hydroxylation sites is 1. The minimum atomic E-state index is -0.0214. The minimum absolute atomic E-state index is 0.0214. The Morgan fingerprint density at radius 2 is 1.97 bits per heavy atom. The van der Waals surface area contributed by atoms with Gasteiger partial charge in [-0.05, 0) is 68.3 Å². The number of unbranched alkanes of at least 4 members (excludes halogenated alkanes) is 1. The molecule has 1 heterocycles. The molecule has 0 spiro atoms. The van der Waals surface area contributed by atoms with Crippen molar-refractivity contribution >= 4 is 29.0 Å². The van der Waals surface area contributed by atoms with Crippen LogP contribution in [0.25, 0.3) is 10.9 Å². The van der Waals surface area contributed by atoms with Crippen LogP contribution in [0.5, 0.6) is 0 Å². The van der Waals surface area contributed by atoms with Crippen LogP contribution in [0.4, 0.5) is 0 Å². The fourth-order valence-corrected chi connectivity index (χ4v) is 4.83. The number of benzene rings is 1. The Morgan fingerprint density at radius 1 is 1.23 bits per heavy atom. The zero-order valence-electron chi connectivity index (χ0n) is 18.3. The number of carbonyl (C=O) groups is 1. The summed E-state index contributed by atoms with van der Waals surface area (Å²) >= 11 is 5.44. The van der Waals surface area contributed by atoms with E-state index < -0.39 is 0 Å². The number of amides is 1. The summed E-state index contributed by atoms with van der Waals surface area (Å²) in [6.45, 7) is 5.85. The number of aromatic nitrogens is 2. The first-order valence-electron chi connectivity index (χ1n) is 11.5. The second-order valence-electron chi connectivity index (χ2n) is 8.77. The minimum Gasteiger partial charge on any atom is -0.356 e. The van der Waals surface area contributed by atoms with Gasteiger partial charge < -0.3 is 10.3 Å². The van der Waals surface area contributed by atoms with Crippen molar-refractivity contribution in [3.05, 3.63) is 39.4 Å². The summed E-state index contributed by atoms with van der Waals surface area (Å²) in [5.41, 5.74) is 0.764. The van der Waals surface area contributed by atoms with Gasteiger partial charge in [0.2, 0.25) is 5.91 Å². The van der Waals surface area contributed by atoms with E-state index in [1.54, 1.807) is 4.57 Å². The van der Waals surface area contributed by atoms with Gasteiger partial charge in [0.05, 0.1) is 10.9 Å². The number of hydrogen-bond acceptors (Lipinski definition) is 3. The van der Waals surface area contributed by atoms with Gasteiger partial charge in [0.25, 0.3) is 5.56 Å². The monoisotopic (exact) mass is 429 g/mol. The standard InChI is InChI=1S/C24H35N3O2S/c1-3-5-8-17(4-2)15-25-22(28)19-13-11-18(12-14-19)16-27-23(29)20-9-6-7-10-21(20)26-24(27)30/h6-7,9-10,17-19H,3-5,8,11-16H2,1-2H3,(H,25,28)(H,26,30)/t17-,18?,19?/m0/s1. The van der Waals surface area contributed by atoms with Crippen LogP contribution in [0, 0.1) is 22.5 Å². The molecule has 1 aliphatic carbocycles. The van der Waals surface area contributed by atoms with Crippen LogP contribution in [-0.4, -0.2) is 22.0 Å². The quantitative estimate of drug-likeness (QED) is 0.539. The van der Waals surface area contributed by atoms with Gasteiger partial charge in [-0.25, -0.2) is 0 Å². The van der Waals surface area contributed by atoms with Crippen molar-refractivity contribution in [2.24, 2.45) is 17.8 Å². The van der Waals surface area contributed by atoms with Crippen molar-refractivity contribution in [2.75, 3.05) is 6.54 Å². The zero-order valence-corrected chi connectivity index (χ0v) is 19.1. The molecule has 3 rings (SSSR count). The van der Waals surface area contributed by atoms with E-state index in [2.05, 4.69) is 24.1 Å². The average Bonchev–Trinajstić information content (AvgIpc) is 2.77. The molecule has 1 aromatic carbocycles. The third-order valence-electron chi connectivity index (χ3n) is 6.66. The summed E-state index contributed by atoms with van der Waals surface area (Å²) < 4.78 is 2.18. The van der Waals surface area contributed by atoms with Crippen LogP contribution in [0.3, 0.4) is 0 Å². The predicted octanol–water partition coefficient (Wildman–Crippen LogP) is 5.20. The van der Waals surface area contributed by atoms with E-state index in [0.29, 0.717) is 28.5 Å². The van der Waals surface area contributed by atoms with Gasteiger partial charge in [-0.1, -0.05) is 45.2 Å². The van der Waals surface area contributed by atoms with Gasteiger partial charge in [0, 0.05) is 19.0 Å². The summed E-state index contributed by atoms with van der Waals surface area (Å²) in [7, 11) is 0. The SMILES string of the molecule is CCCC[C@H](CC)CNC(=O)C1CCC(Cn2c(=S)[nH]c3ccccc3c2=O)CC1. The number of nitrogens with one attached hydrogen (secondary N) is 2. The molecule has 6 heteroatoms. The van der Waals surface area contributed by atoms with Gasteiger partial charge in [-0.3, -0.25) is 14.2 Å². The topological polar surface area (TPSA) is 66.9 Å². The normalized spacial score (nSPS) is 20.2. The first-order chi connectivity index (χ1) is 14.5. The molecule has 0 bridgehead atoms. The maximum atomic E-state index is 12.9. The lowest BCUT2D eigenvalue weighted by atomic mass is 9.81. The van der Waals surface area contributed by atoms with Gasteiger partial charge >= 0.3 is 0 Å². The lowest BCUT2D eigenvalue weighted by Crippen LogP contribution is -2.37. The van der Waals surface area contributed by atoms with Crippen LogP contribution in [-0.2, 0) is 11.3 Å². The number of H-pyrrole nitrogens is 1. The lowest BCUT2D eigenvalue weighted by molar-refractivity contribution is -0.126. The highest BCUT2D eigenvalue weighted by molar-refractivity contribution is 7.71. The Morgan fingerprint density at radius 3 is 2.67 bits per heavy atom. The molecule has 1 aromatic heterocycles. The van der Waals surface area contributed by atoms with Crippen LogP contribution in [0.15, 0.2) is 29.1 Å². The Labute approximate surface area is 184 Å². The van der Waals surface area contributed by atoms with Crippen molar-refractivity contribution in [2.45, 2.75) is 71.8 Å². The molecule has 0 aliphatic heterocycles. The first kappa shape index (κ1) is 22.7.